The zero-order valence-electron chi connectivity index (χ0n) is 16.9. The van der Waals surface area contributed by atoms with Crippen LogP contribution in [-0.2, 0) is 4.79 Å². The number of aromatic amines is 1. The van der Waals surface area contributed by atoms with E-state index in [9.17, 15) is 9.59 Å². The van der Waals surface area contributed by atoms with Gasteiger partial charge in [-0.2, -0.15) is 0 Å². The second kappa shape index (κ2) is 9.62. The number of amides is 1. The highest BCUT2D eigenvalue weighted by Gasteiger charge is 2.18. The predicted molar refractivity (Wildman–Crippen MR) is 125 cm³/mol. The van der Waals surface area contributed by atoms with Crippen molar-refractivity contribution in [2.45, 2.75) is 49.4 Å². The summed E-state index contributed by atoms with van der Waals surface area (Å²) in [6, 6.07) is 9.83. The Morgan fingerprint density at radius 1 is 1.30 bits per heavy atom. The SMILES string of the molecule is CC(Sc1nc2scc(-c3ccccc3)c2c(=O)[nH]1)C(=O)NCCC1=CCCCC1. The summed E-state index contributed by atoms with van der Waals surface area (Å²) in [6.45, 7) is 2.50. The zero-order chi connectivity index (χ0) is 20.9. The Labute approximate surface area is 184 Å². The van der Waals surface area contributed by atoms with Crippen LogP contribution in [0, 0.1) is 0 Å². The second-order valence-electron chi connectivity index (χ2n) is 7.48. The monoisotopic (exact) mass is 439 g/mol. The maximum absolute atomic E-state index is 12.7. The van der Waals surface area contributed by atoms with Crippen molar-refractivity contribution in [3.63, 3.8) is 0 Å². The molecule has 7 heteroatoms. The van der Waals surface area contributed by atoms with Gasteiger partial charge >= 0.3 is 0 Å². The van der Waals surface area contributed by atoms with Gasteiger partial charge in [-0.3, -0.25) is 9.59 Å². The first-order chi connectivity index (χ1) is 14.6. The van der Waals surface area contributed by atoms with Crippen LogP contribution in [0.2, 0.25) is 0 Å². The number of aromatic nitrogens is 2. The van der Waals surface area contributed by atoms with E-state index in [0.29, 0.717) is 21.9 Å². The van der Waals surface area contributed by atoms with E-state index in [1.54, 1.807) is 0 Å². The summed E-state index contributed by atoms with van der Waals surface area (Å²) in [7, 11) is 0. The smallest absolute Gasteiger partial charge is 0.260 e. The predicted octanol–water partition coefficient (Wildman–Crippen LogP) is 5.14. The molecule has 0 spiro atoms. The number of allylic oxidation sites excluding steroid dienone is 1. The standard InChI is InChI=1S/C23H25N3O2S2/c1-15(20(27)24-13-12-16-8-4-2-5-9-16)30-23-25-21(28)19-18(14-29-22(19)26-23)17-10-6-3-7-11-17/h3,6-8,10-11,14-15H,2,4-5,9,12-13H2,1H3,(H,24,27)(H,25,26,28). The fraction of sp³-hybridized carbons (Fsp3) is 0.348. The Kier molecular flexibility index (Phi) is 6.69. The lowest BCUT2D eigenvalue weighted by molar-refractivity contribution is -0.120. The highest BCUT2D eigenvalue weighted by molar-refractivity contribution is 8.00. The van der Waals surface area contributed by atoms with Gasteiger partial charge < -0.3 is 10.3 Å². The summed E-state index contributed by atoms with van der Waals surface area (Å²) in [5.74, 6) is -0.0321. The van der Waals surface area contributed by atoms with Crippen LogP contribution < -0.4 is 10.9 Å². The Morgan fingerprint density at radius 2 is 2.13 bits per heavy atom. The van der Waals surface area contributed by atoms with Crippen molar-refractivity contribution in [2.75, 3.05) is 6.54 Å². The van der Waals surface area contributed by atoms with Crippen LogP contribution in [0.4, 0.5) is 0 Å². The summed E-state index contributed by atoms with van der Waals surface area (Å²) in [4.78, 5) is 33.3. The van der Waals surface area contributed by atoms with E-state index in [2.05, 4.69) is 21.4 Å². The lowest BCUT2D eigenvalue weighted by Crippen LogP contribution is -2.32. The molecule has 0 saturated heterocycles. The third kappa shape index (κ3) is 4.84. The van der Waals surface area contributed by atoms with Gasteiger partial charge in [0.15, 0.2) is 5.16 Å². The molecule has 0 saturated carbocycles. The van der Waals surface area contributed by atoms with Gasteiger partial charge in [0, 0.05) is 17.5 Å². The third-order valence-corrected chi connectivity index (χ3v) is 7.15. The van der Waals surface area contributed by atoms with Gasteiger partial charge in [0.2, 0.25) is 5.91 Å². The molecule has 0 radical (unpaired) electrons. The number of benzene rings is 1. The third-order valence-electron chi connectivity index (χ3n) is 5.30. The topological polar surface area (TPSA) is 74.8 Å². The molecule has 1 aromatic carbocycles. The fourth-order valence-electron chi connectivity index (χ4n) is 3.66. The molecule has 2 heterocycles. The number of carbonyl (C=O) groups excluding carboxylic acids is 1. The minimum absolute atomic E-state index is 0.0321. The molecule has 0 aliphatic heterocycles. The Morgan fingerprint density at radius 3 is 2.90 bits per heavy atom. The van der Waals surface area contributed by atoms with Crippen molar-refractivity contribution in [3.05, 3.63) is 57.7 Å². The molecule has 30 heavy (non-hydrogen) atoms. The van der Waals surface area contributed by atoms with Crippen LogP contribution in [0.3, 0.4) is 0 Å². The summed E-state index contributed by atoms with van der Waals surface area (Å²) in [5.41, 5.74) is 3.17. The van der Waals surface area contributed by atoms with Crippen molar-refractivity contribution >= 4 is 39.2 Å². The summed E-state index contributed by atoms with van der Waals surface area (Å²) >= 11 is 2.74. The maximum atomic E-state index is 12.7. The number of nitrogens with zero attached hydrogens (tertiary/aromatic N) is 1. The number of thiophene rings is 1. The van der Waals surface area contributed by atoms with E-state index < -0.39 is 0 Å². The molecule has 156 valence electrons. The number of hydrogen-bond acceptors (Lipinski definition) is 5. The number of H-pyrrole nitrogens is 1. The maximum Gasteiger partial charge on any atom is 0.260 e. The minimum Gasteiger partial charge on any atom is -0.355 e. The normalized spacial score (nSPS) is 15.0. The van der Waals surface area contributed by atoms with Gasteiger partial charge in [-0.05, 0) is 44.6 Å². The number of nitrogens with one attached hydrogen (secondary N) is 2. The van der Waals surface area contributed by atoms with Crippen LogP contribution in [0.25, 0.3) is 21.3 Å². The Hall–Kier alpha value is -2.38. The second-order valence-corrected chi connectivity index (χ2v) is 9.66. The van der Waals surface area contributed by atoms with Crippen molar-refractivity contribution in [1.82, 2.24) is 15.3 Å². The first-order valence-corrected chi connectivity index (χ1v) is 12.1. The summed E-state index contributed by atoms with van der Waals surface area (Å²) < 4.78 is 0. The van der Waals surface area contributed by atoms with Crippen molar-refractivity contribution in [1.29, 1.82) is 0 Å². The first-order valence-electron chi connectivity index (χ1n) is 10.3. The molecule has 1 aliphatic carbocycles. The molecular formula is C23H25N3O2S2. The molecule has 1 unspecified atom stereocenters. The zero-order valence-corrected chi connectivity index (χ0v) is 18.6. The van der Waals surface area contributed by atoms with E-state index in [-0.39, 0.29) is 16.7 Å². The van der Waals surface area contributed by atoms with E-state index in [4.69, 9.17) is 0 Å². The molecule has 1 aliphatic rings. The van der Waals surface area contributed by atoms with Crippen LogP contribution >= 0.6 is 23.1 Å². The van der Waals surface area contributed by atoms with E-state index in [1.165, 1.54) is 41.5 Å². The minimum atomic E-state index is -0.334. The molecule has 3 aromatic rings. The van der Waals surface area contributed by atoms with E-state index in [1.807, 2.05) is 42.6 Å². The van der Waals surface area contributed by atoms with Gasteiger partial charge in [-0.25, -0.2) is 4.98 Å². The van der Waals surface area contributed by atoms with Crippen LogP contribution in [0.5, 0.6) is 0 Å². The largest absolute Gasteiger partial charge is 0.355 e. The molecule has 0 bridgehead atoms. The summed E-state index contributed by atoms with van der Waals surface area (Å²) in [6.07, 6.45) is 8.06. The summed E-state index contributed by atoms with van der Waals surface area (Å²) in [5, 5.41) is 5.72. The first kappa shape index (κ1) is 20.9. The number of carbonyl (C=O) groups is 1. The van der Waals surface area contributed by atoms with Crippen LogP contribution in [0.15, 0.2) is 57.3 Å². The molecule has 4 rings (SSSR count). The molecular weight excluding hydrogens is 414 g/mol. The fourth-order valence-corrected chi connectivity index (χ4v) is 5.48. The molecule has 5 nitrogen and oxygen atoms in total. The van der Waals surface area contributed by atoms with Gasteiger partial charge in [0.25, 0.3) is 5.56 Å². The molecule has 1 atom stereocenters. The van der Waals surface area contributed by atoms with Gasteiger partial charge in [-0.1, -0.05) is 53.7 Å². The van der Waals surface area contributed by atoms with Gasteiger partial charge in [0.05, 0.1) is 10.6 Å². The van der Waals surface area contributed by atoms with Crippen molar-refractivity contribution in [3.8, 4) is 11.1 Å². The Balaban J connectivity index is 1.41. The molecule has 1 amide bonds. The average Bonchev–Trinajstić information content (AvgIpc) is 3.19. The van der Waals surface area contributed by atoms with Crippen LogP contribution in [-0.4, -0.2) is 27.7 Å². The Bertz CT molecular complexity index is 1120. The van der Waals surface area contributed by atoms with E-state index >= 15 is 0 Å². The number of thioether (sulfide) groups is 1. The van der Waals surface area contributed by atoms with Gasteiger partial charge in [0.1, 0.15) is 4.83 Å². The lowest BCUT2D eigenvalue weighted by Gasteiger charge is -2.14. The highest BCUT2D eigenvalue weighted by Crippen LogP contribution is 2.31. The lowest BCUT2D eigenvalue weighted by atomic mass is 9.97. The molecule has 0 fully saturated rings. The molecule has 2 N–H and O–H groups in total. The quantitative estimate of drug-likeness (QED) is 0.304. The number of hydrogen-bond donors (Lipinski definition) is 2. The highest BCUT2D eigenvalue weighted by atomic mass is 32.2. The van der Waals surface area contributed by atoms with Crippen molar-refractivity contribution in [2.24, 2.45) is 0 Å². The number of fused-ring (bicyclic) bond motifs is 1. The van der Waals surface area contributed by atoms with Crippen molar-refractivity contribution < 1.29 is 4.79 Å². The van der Waals surface area contributed by atoms with Crippen LogP contribution in [0.1, 0.15) is 39.0 Å². The number of rotatable bonds is 7. The van der Waals surface area contributed by atoms with E-state index in [0.717, 1.165) is 30.4 Å². The van der Waals surface area contributed by atoms with Gasteiger partial charge in [-0.15, -0.1) is 11.3 Å². The molecule has 2 aromatic heterocycles. The average molecular weight is 440 g/mol.